The van der Waals surface area contributed by atoms with E-state index in [0.29, 0.717) is 11.4 Å². The van der Waals surface area contributed by atoms with Crippen LogP contribution in [0.1, 0.15) is 11.1 Å². The lowest BCUT2D eigenvalue weighted by molar-refractivity contribution is -0.0500. The zero-order chi connectivity index (χ0) is 45.1. The van der Waals surface area contributed by atoms with Crippen LogP contribution in [0.2, 0.25) is 0 Å². The fourth-order valence-corrected chi connectivity index (χ4v) is 12.6. The molecule has 0 aliphatic rings. The summed E-state index contributed by atoms with van der Waals surface area (Å²) in [4.78, 5) is 4.34. The highest BCUT2D eigenvalue weighted by molar-refractivity contribution is 8.32. The molecule has 0 N–H and O–H groups in total. The number of hydrogen-bond donors (Lipinski definition) is 0. The summed E-state index contributed by atoms with van der Waals surface area (Å²) in [5.74, 6) is 0. The molecule has 18 heteroatoms. The van der Waals surface area contributed by atoms with Gasteiger partial charge in [-0.15, -0.1) is 0 Å². The van der Waals surface area contributed by atoms with Crippen molar-refractivity contribution in [2.45, 2.75) is 20.8 Å². The van der Waals surface area contributed by atoms with Crippen LogP contribution < -0.4 is 9.80 Å². The van der Waals surface area contributed by atoms with Gasteiger partial charge in [-0.3, -0.25) is 0 Å². The molecule has 0 saturated heterocycles. The minimum atomic E-state index is -5.85. The molecule has 0 bridgehead atoms. The Bertz CT molecular complexity index is 2560. The fourth-order valence-electron chi connectivity index (χ4n) is 6.17. The summed E-state index contributed by atoms with van der Waals surface area (Å²) in [5.41, 5.74) is -5.39. The van der Waals surface area contributed by atoms with Crippen molar-refractivity contribution in [2.24, 2.45) is 0 Å². The van der Waals surface area contributed by atoms with Gasteiger partial charge in [-0.2, -0.15) is 43.2 Å². The third-order valence-electron chi connectivity index (χ3n) is 9.17. The largest absolute Gasteiger partial charge is 0.523 e. The van der Waals surface area contributed by atoms with E-state index in [4.69, 9.17) is 7.26 Å². The molecule has 0 aliphatic heterocycles. The van der Waals surface area contributed by atoms with Crippen molar-refractivity contribution in [3.63, 3.8) is 0 Å². The Balaban J connectivity index is 1.25. The second-order valence-electron chi connectivity index (χ2n) is 14.3. The zero-order valence-electron chi connectivity index (χ0n) is 33.4. The summed E-state index contributed by atoms with van der Waals surface area (Å²) >= 11 is 0. The predicted molar refractivity (Wildman–Crippen MR) is 239 cm³/mol. The van der Waals surface area contributed by atoms with E-state index in [0.717, 1.165) is 33.9 Å². The first-order chi connectivity index (χ1) is 29.0. The normalized spacial score (nSPS) is 13.5. The van der Waals surface area contributed by atoms with Gasteiger partial charge in [-0.25, -0.2) is 7.26 Å². The molecule has 0 unspecified atom stereocenters. The van der Waals surface area contributed by atoms with Gasteiger partial charge in [0.1, 0.15) is 0 Å². The third kappa shape index (κ3) is 10.7. The maximum absolute atomic E-state index is 13.2. The van der Waals surface area contributed by atoms with E-state index in [-0.39, 0.29) is 9.79 Å². The van der Waals surface area contributed by atoms with Gasteiger partial charge in [0.25, 0.3) is 0 Å². The van der Waals surface area contributed by atoms with Crippen molar-refractivity contribution < 1.29 is 50.4 Å². The van der Waals surface area contributed by atoms with E-state index in [1.165, 1.54) is 37.2 Å². The van der Waals surface area contributed by atoms with Crippen LogP contribution in [-0.4, -0.2) is 52.9 Å². The quantitative estimate of drug-likeness (QED) is 0.0606. The molecule has 328 valence electrons. The van der Waals surface area contributed by atoms with Crippen molar-refractivity contribution in [1.82, 2.24) is 0 Å². The fraction of sp³-hybridized carbons (Fsp3) is 0.136. The number of para-hydroxylation sites is 2. The van der Waals surface area contributed by atoms with Gasteiger partial charge < -0.3 is 9.80 Å². The summed E-state index contributed by atoms with van der Waals surface area (Å²) in [5, 5.41) is 0. The van der Waals surface area contributed by atoms with E-state index in [2.05, 4.69) is 0 Å². The number of nitrogens with zero attached hydrogens (tertiary/aromatic N) is 2. The van der Waals surface area contributed by atoms with Gasteiger partial charge >= 0.3 is 31.3 Å². The maximum Gasteiger partial charge on any atom is 0.523 e. The molecule has 0 spiro atoms. The topological polar surface area (TPSA) is 93.2 Å². The number of alkyl halides is 6. The van der Waals surface area contributed by atoms with Crippen molar-refractivity contribution in [2.75, 3.05) is 34.8 Å². The van der Waals surface area contributed by atoms with Gasteiger partial charge in [-0.05, 0) is 121 Å². The third-order valence-corrected chi connectivity index (χ3v) is 17.2. The molecule has 6 aromatic rings. The lowest BCUT2D eigenvalue weighted by Crippen LogP contribution is -2.26. The van der Waals surface area contributed by atoms with Crippen LogP contribution in [0.4, 0.5) is 60.5 Å². The molecule has 0 heterocycles. The first kappa shape index (κ1) is 46.3. The molecule has 0 aliphatic carbocycles. The Morgan fingerprint density at radius 3 is 1.00 bits per heavy atom. The Morgan fingerprint density at radius 2 is 0.694 bits per heavy atom. The average Bonchev–Trinajstić information content (AvgIpc) is 3.21. The van der Waals surface area contributed by atoms with Crippen LogP contribution in [0.3, 0.4) is 0 Å². The molecule has 0 radical (unpaired) electrons. The summed E-state index contributed by atoms with van der Waals surface area (Å²) in [6.45, 7) is 0. The second-order valence-corrected chi connectivity index (χ2v) is 24.0. The summed E-state index contributed by atoms with van der Waals surface area (Å²) in [6, 6.07) is 46.7. The molecule has 0 aromatic heterocycles. The molecule has 6 rings (SSSR count). The Labute approximate surface area is 360 Å². The highest BCUT2D eigenvalue weighted by atomic mass is 32.3. The van der Waals surface area contributed by atoms with Crippen LogP contribution in [0.25, 0.3) is 12.2 Å². The SMILES string of the molecule is CS(C)(OS(=O)(=O)C(F)(F)F)c1cccc(N(c2ccccc2)c2ccc(C=Cc3ccc(N(c4ccccc4)c4cccc(S(C)(C)OS(=O)(=O)C(F)(F)F)c4)cc3)cc2)c1. The van der Waals surface area contributed by atoms with Crippen LogP contribution in [0, 0.1) is 0 Å². The van der Waals surface area contributed by atoms with E-state index >= 15 is 0 Å². The van der Waals surface area contributed by atoms with E-state index in [1.54, 1.807) is 36.4 Å². The molecular formula is C44H40F6N2O6S4. The van der Waals surface area contributed by atoms with Gasteiger partial charge in [0, 0.05) is 43.9 Å². The number of anilines is 6. The van der Waals surface area contributed by atoms with Crippen molar-refractivity contribution >= 4 is 87.1 Å². The summed E-state index contributed by atoms with van der Waals surface area (Å²) in [6.07, 6.45) is 9.15. The smallest absolute Gasteiger partial charge is 0.310 e. The Hall–Kier alpha value is -5.24. The Morgan fingerprint density at radius 1 is 0.403 bits per heavy atom. The first-order valence-corrected chi connectivity index (χ1v) is 25.8. The monoisotopic (exact) mass is 934 g/mol. The van der Waals surface area contributed by atoms with Crippen LogP contribution >= 0.6 is 20.6 Å². The molecule has 62 heavy (non-hydrogen) atoms. The lowest BCUT2D eigenvalue weighted by Gasteiger charge is -2.32. The predicted octanol–water partition coefficient (Wildman–Crippen LogP) is 13.2. The number of benzene rings is 6. The summed E-state index contributed by atoms with van der Waals surface area (Å²) < 4.78 is 137. The number of rotatable bonds is 14. The molecule has 0 atom stereocenters. The molecule has 8 nitrogen and oxygen atoms in total. The number of halogens is 6. The summed E-state index contributed by atoms with van der Waals surface area (Å²) in [7, 11) is -17.5. The van der Waals surface area contributed by atoms with Crippen LogP contribution in [0.15, 0.2) is 168 Å². The van der Waals surface area contributed by atoms with Crippen molar-refractivity contribution in [3.05, 3.63) is 169 Å². The molecule has 0 fully saturated rings. The van der Waals surface area contributed by atoms with E-state index in [9.17, 15) is 43.2 Å². The maximum atomic E-state index is 13.2. The van der Waals surface area contributed by atoms with Crippen molar-refractivity contribution in [1.29, 1.82) is 0 Å². The average molecular weight is 935 g/mol. The molecular weight excluding hydrogens is 895 g/mol. The molecule has 0 amide bonds. The van der Waals surface area contributed by atoms with E-state index < -0.39 is 51.9 Å². The van der Waals surface area contributed by atoms with Gasteiger partial charge in [0.2, 0.25) is 0 Å². The minimum absolute atomic E-state index is 0.284. The highest BCUT2D eigenvalue weighted by Crippen LogP contribution is 2.56. The minimum Gasteiger partial charge on any atom is -0.310 e. The molecule has 6 aromatic carbocycles. The van der Waals surface area contributed by atoms with Gasteiger partial charge in [-0.1, -0.05) is 106 Å². The first-order valence-electron chi connectivity index (χ1n) is 18.3. The highest BCUT2D eigenvalue weighted by Gasteiger charge is 2.51. The van der Waals surface area contributed by atoms with E-state index in [1.807, 2.05) is 131 Å². The van der Waals surface area contributed by atoms with Crippen LogP contribution in [0.5, 0.6) is 0 Å². The second kappa shape index (κ2) is 17.9. The molecule has 0 saturated carbocycles. The zero-order valence-corrected chi connectivity index (χ0v) is 36.7. The van der Waals surface area contributed by atoms with Crippen LogP contribution in [-0.2, 0) is 27.5 Å². The standard InChI is InChI=1S/C44H40F6N2O6S4/c1-59(2,57-61(53,54)43(45,46)47)41-19-11-17-39(31-41)51(35-13-7-5-8-14-35)37-27-23-33(24-28-37)21-22-34-25-29-38(30-26-34)52(36-15-9-6-10-16-36)40-18-12-20-42(32-40)60(3,4)58-62(55,56)44(48,49)50/h5-32H,1-4H3. The Kier molecular flexibility index (Phi) is 13.3. The number of hydrogen-bond acceptors (Lipinski definition) is 8. The van der Waals surface area contributed by atoms with Gasteiger partial charge in [0.05, 0.1) is 0 Å². The van der Waals surface area contributed by atoms with Gasteiger partial charge in [0.15, 0.2) is 0 Å². The lowest BCUT2D eigenvalue weighted by atomic mass is 10.1. The van der Waals surface area contributed by atoms with Crippen molar-refractivity contribution in [3.8, 4) is 0 Å².